The predicted octanol–water partition coefficient (Wildman–Crippen LogP) is 0.312. The first-order valence-corrected chi connectivity index (χ1v) is 9.17. The average molecular weight is 332 g/mol. The molecule has 1 aliphatic rings. The van der Waals surface area contributed by atoms with E-state index in [0.717, 1.165) is 0 Å². The molecule has 0 amide bonds. The summed E-state index contributed by atoms with van der Waals surface area (Å²) < 4.78 is 71.4. The van der Waals surface area contributed by atoms with E-state index >= 15 is 0 Å². The van der Waals surface area contributed by atoms with Gasteiger partial charge in [-0.05, 0) is 18.3 Å². The van der Waals surface area contributed by atoms with E-state index in [9.17, 15) is 16.8 Å². The Bertz CT molecular complexity index is 486. The minimum atomic E-state index is -4.13. The van der Waals surface area contributed by atoms with Crippen LogP contribution >= 0.6 is 0 Å². The molecule has 0 radical (unpaired) electrons. The largest absolute Gasteiger partial charge is 0.353 e. The van der Waals surface area contributed by atoms with Crippen LogP contribution < -0.4 is 0 Å². The molecule has 20 heavy (non-hydrogen) atoms. The molecular formula is C10H20O8S2. The summed E-state index contributed by atoms with van der Waals surface area (Å²) in [5.41, 5.74) is -0.655. The van der Waals surface area contributed by atoms with Crippen LogP contribution in [0.3, 0.4) is 0 Å². The van der Waals surface area contributed by atoms with Gasteiger partial charge in [-0.1, -0.05) is 0 Å². The number of ether oxygens (including phenoxy) is 2. The van der Waals surface area contributed by atoms with E-state index in [1.54, 1.807) is 0 Å². The van der Waals surface area contributed by atoms with Gasteiger partial charge in [-0.25, -0.2) is 0 Å². The van der Waals surface area contributed by atoms with E-state index in [2.05, 4.69) is 0 Å². The second-order valence-corrected chi connectivity index (χ2v) is 8.39. The van der Waals surface area contributed by atoms with Crippen molar-refractivity contribution in [3.05, 3.63) is 0 Å². The van der Waals surface area contributed by atoms with Crippen molar-refractivity contribution in [3.63, 3.8) is 0 Å². The lowest BCUT2D eigenvalue weighted by atomic mass is 9.61. The van der Waals surface area contributed by atoms with E-state index < -0.39 is 42.9 Å². The van der Waals surface area contributed by atoms with Gasteiger partial charge in [-0.15, -0.1) is 0 Å². The predicted molar refractivity (Wildman–Crippen MR) is 70.5 cm³/mol. The Morgan fingerprint density at radius 2 is 1.25 bits per heavy atom. The molecule has 8 nitrogen and oxygen atoms in total. The highest BCUT2D eigenvalue weighted by Gasteiger charge is 2.55. The Balaban J connectivity index is 2.77. The van der Waals surface area contributed by atoms with Crippen molar-refractivity contribution in [1.82, 2.24) is 0 Å². The van der Waals surface area contributed by atoms with Gasteiger partial charge in [0.15, 0.2) is 5.79 Å². The minimum Gasteiger partial charge on any atom is -0.353 e. The van der Waals surface area contributed by atoms with Gasteiger partial charge < -0.3 is 9.47 Å². The van der Waals surface area contributed by atoms with Crippen molar-refractivity contribution >= 4 is 20.2 Å². The van der Waals surface area contributed by atoms with E-state index in [0.29, 0.717) is 12.8 Å². The summed E-state index contributed by atoms with van der Waals surface area (Å²) in [6.45, 7) is 0. The summed E-state index contributed by atoms with van der Waals surface area (Å²) in [7, 11) is -5.38. The second kappa shape index (κ2) is 5.85. The summed E-state index contributed by atoms with van der Waals surface area (Å²) in [6.07, 6.45) is 0.766. The van der Waals surface area contributed by atoms with E-state index in [4.69, 9.17) is 18.6 Å². The normalized spacial score (nSPS) is 21.4. The topological polar surface area (TPSA) is 127 Å². The van der Waals surface area contributed by atoms with Gasteiger partial charge in [-0.3, -0.25) is 9.11 Å². The molecular weight excluding hydrogens is 312 g/mol. The first-order chi connectivity index (χ1) is 8.95. The van der Waals surface area contributed by atoms with Crippen LogP contribution in [0, 0.1) is 5.41 Å². The van der Waals surface area contributed by atoms with Crippen molar-refractivity contribution in [2.75, 3.05) is 25.7 Å². The molecule has 1 rings (SSSR count). The smallest absolute Gasteiger partial charge is 0.264 e. The quantitative estimate of drug-likeness (QED) is 0.480. The number of hydrogen-bond donors (Lipinski definition) is 2. The van der Waals surface area contributed by atoms with Crippen LogP contribution in [0.5, 0.6) is 0 Å². The van der Waals surface area contributed by atoms with Crippen molar-refractivity contribution in [2.45, 2.75) is 31.5 Å². The standard InChI is InChI=1S/C10H20O8S2/c1-17-10(18-2)7-9(8-10,3-5-19(11,12)13)4-6-20(14,15)16/h3-8H2,1-2H3,(H,11,12,13)(H,14,15,16). The fourth-order valence-corrected chi connectivity index (χ4v) is 4.01. The summed E-state index contributed by atoms with van der Waals surface area (Å²) in [5.74, 6) is -1.80. The maximum atomic E-state index is 10.8. The fourth-order valence-electron chi connectivity index (χ4n) is 2.63. The maximum Gasteiger partial charge on any atom is 0.264 e. The summed E-state index contributed by atoms with van der Waals surface area (Å²) in [5, 5.41) is 0. The van der Waals surface area contributed by atoms with Gasteiger partial charge in [0, 0.05) is 27.1 Å². The molecule has 0 bridgehead atoms. The molecule has 1 saturated carbocycles. The third kappa shape index (κ3) is 4.93. The Hall–Kier alpha value is -0.260. The van der Waals surface area contributed by atoms with Crippen LogP contribution in [0.2, 0.25) is 0 Å². The molecule has 0 atom stereocenters. The minimum absolute atomic E-state index is 0.0792. The lowest BCUT2D eigenvalue weighted by Crippen LogP contribution is -2.55. The highest BCUT2D eigenvalue weighted by atomic mass is 32.2. The second-order valence-electron chi connectivity index (χ2n) is 5.24. The van der Waals surface area contributed by atoms with Crippen LogP contribution in [0.1, 0.15) is 25.7 Å². The molecule has 0 aromatic rings. The van der Waals surface area contributed by atoms with Gasteiger partial charge in [0.1, 0.15) is 0 Å². The van der Waals surface area contributed by atoms with Gasteiger partial charge in [0.05, 0.1) is 11.5 Å². The van der Waals surface area contributed by atoms with Crippen LogP contribution in [0.15, 0.2) is 0 Å². The van der Waals surface area contributed by atoms with Crippen molar-refractivity contribution in [3.8, 4) is 0 Å². The first-order valence-electron chi connectivity index (χ1n) is 5.96. The van der Waals surface area contributed by atoms with E-state index in [-0.39, 0.29) is 12.8 Å². The number of hydrogen-bond acceptors (Lipinski definition) is 6. The molecule has 1 fully saturated rings. The van der Waals surface area contributed by atoms with E-state index in [1.165, 1.54) is 14.2 Å². The molecule has 0 spiro atoms. The van der Waals surface area contributed by atoms with Gasteiger partial charge in [0.2, 0.25) is 0 Å². The zero-order chi connectivity index (χ0) is 15.7. The zero-order valence-electron chi connectivity index (χ0n) is 11.4. The molecule has 10 heteroatoms. The zero-order valence-corrected chi connectivity index (χ0v) is 13.0. The molecule has 120 valence electrons. The van der Waals surface area contributed by atoms with E-state index in [1.807, 2.05) is 0 Å². The first kappa shape index (κ1) is 17.8. The monoisotopic (exact) mass is 332 g/mol. The molecule has 0 heterocycles. The highest BCUT2D eigenvalue weighted by Crippen LogP contribution is 2.55. The Labute approximate surface area is 119 Å². The van der Waals surface area contributed by atoms with Crippen molar-refractivity contribution in [1.29, 1.82) is 0 Å². The maximum absolute atomic E-state index is 10.8. The fraction of sp³-hybridized carbons (Fsp3) is 1.00. The molecule has 0 aliphatic heterocycles. The SMILES string of the molecule is COC1(OC)CC(CCS(=O)(=O)O)(CCS(=O)(=O)O)C1. The lowest BCUT2D eigenvalue weighted by molar-refractivity contribution is -0.298. The van der Waals surface area contributed by atoms with Crippen molar-refractivity contribution in [2.24, 2.45) is 5.41 Å². The van der Waals surface area contributed by atoms with Crippen LogP contribution in [0.4, 0.5) is 0 Å². The lowest BCUT2D eigenvalue weighted by Gasteiger charge is -2.54. The van der Waals surface area contributed by atoms with Crippen LogP contribution in [0.25, 0.3) is 0 Å². The molecule has 1 aliphatic carbocycles. The Morgan fingerprint density at radius 3 is 1.50 bits per heavy atom. The third-order valence-electron chi connectivity index (χ3n) is 3.81. The van der Waals surface area contributed by atoms with Gasteiger partial charge in [0.25, 0.3) is 20.2 Å². The highest BCUT2D eigenvalue weighted by molar-refractivity contribution is 7.86. The Kier molecular flexibility index (Phi) is 5.21. The third-order valence-corrected chi connectivity index (χ3v) is 5.25. The van der Waals surface area contributed by atoms with Crippen LogP contribution in [-0.4, -0.2) is 57.5 Å². The molecule has 2 N–H and O–H groups in total. The van der Waals surface area contributed by atoms with Crippen LogP contribution in [-0.2, 0) is 29.7 Å². The summed E-state index contributed by atoms with van der Waals surface area (Å²) in [4.78, 5) is 0. The van der Waals surface area contributed by atoms with Gasteiger partial charge in [-0.2, -0.15) is 16.8 Å². The van der Waals surface area contributed by atoms with Crippen molar-refractivity contribution < 1.29 is 35.4 Å². The van der Waals surface area contributed by atoms with Gasteiger partial charge >= 0.3 is 0 Å². The molecule has 0 saturated heterocycles. The summed E-state index contributed by atoms with van der Waals surface area (Å²) >= 11 is 0. The number of rotatable bonds is 8. The summed E-state index contributed by atoms with van der Waals surface area (Å²) in [6, 6.07) is 0. The molecule has 0 aromatic carbocycles. The average Bonchev–Trinajstić information content (AvgIpc) is 2.25. The number of methoxy groups -OCH3 is 2. The molecule has 0 unspecified atom stereocenters. The molecule has 0 aromatic heterocycles. The Morgan fingerprint density at radius 1 is 0.900 bits per heavy atom.